The Kier molecular flexibility index (Phi) is 3.57. The molecule has 0 saturated heterocycles. The fraction of sp³-hybridized carbons (Fsp3) is 0.333. The highest BCUT2D eigenvalue weighted by Crippen LogP contribution is 2.25. The van der Waals surface area contributed by atoms with Crippen molar-refractivity contribution in [3.8, 4) is 0 Å². The van der Waals surface area contributed by atoms with Gasteiger partial charge in [0.1, 0.15) is 0 Å². The van der Waals surface area contributed by atoms with Gasteiger partial charge in [-0.15, -0.1) is 0 Å². The number of hydrazone groups is 1. The Hall–Kier alpha value is -3.16. The third-order valence-corrected chi connectivity index (χ3v) is 4.96. The maximum absolute atomic E-state index is 13.2. The lowest BCUT2D eigenvalue weighted by molar-refractivity contribution is 0.645. The zero-order valence-corrected chi connectivity index (χ0v) is 15.1. The molecule has 0 fully saturated rings. The van der Waals surface area contributed by atoms with Crippen molar-refractivity contribution >= 4 is 22.8 Å². The van der Waals surface area contributed by atoms with E-state index >= 15 is 0 Å². The molecule has 0 amide bonds. The molecule has 1 atom stereocenters. The predicted octanol–water partition coefficient (Wildman–Crippen LogP) is 1.62. The standard InChI is InChI=1S/C18H20N6O2/c1-10-5-7-13(8-6-10)9-23-16(25)14-15(22(4)18(23)26)19-17-21-20-11(2)12(3)24(14)17/h5-8,12H,9H2,1-4H3,(H,19,21). The van der Waals surface area contributed by atoms with Gasteiger partial charge in [0.15, 0.2) is 11.2 Å². The molecule has 1 aromatic carbocycles. The number of anilines is 1. The van der Waals surface area contributed by atoms with E-state index in [4.69, 9.17) is 0 Å². The normalized spacial score (nSPS) is 16.3. The molecule has 8 nitrogen and oxygen atoms in total. The van der Waals surface area contributed by atoms with Crippen LogP contribution in [0.1, 0.15) is 31.0 Å². The quantitative estimate of drug-likeness (QED) is 0.759. The van der Waals surface area contributed by atoms with Crippen molar-refractivity contribution in [2.24, 2.45) is 12.1 Å². The third kappa shape index (κ3) is 2.29. The molecule has 1 unspecified atom stereocenters. The van der Waals surface area contributed by atoms with Gasteiger partial charge in [0.05, 0.1) is 18.3 Å². The van der Waals surface area contributed by atoms with Crippen LogP contribution in [0.3, 0.4) is 0 Å². The van der Waals surface area contributed by atoms with Gasteiger partial charge in [-0.05, 0) is 26.3 Å². The molecule has 8 heteroatoms. The van der Waals surface area contributed by atoms with E-state index in [9.17, 15) is 9.59 Å². The number of fused-ring (bicyclic) bond motifs is 3. The molecular weight excluding hydrogens is 332 g/mol. The molecule has 1 aliphatic rings. The lowest BCUT2D eigenvalue weighted by Crippen LogP contribution is -2.40. The average Bonchev–Trinajstić information content (AvgIpc) is 3.02. The van der Waals surface area contributed by atoms with Crippen molar-refractivity contribution in [3.63, 3.8) is 0 Å². The van der Waals surface area contributed by atoms with E-state index in [1.165, 1.54) is 9.13 Å². The molecule has 4 rings (SSSR count). The van der Waals surface area contributed by atoms with Gasteiger partial charge in [0.25, 0.3) is 5.56 Å². The van der Waals surface area contributed by atoms with Gasteiger partial charge >= 0.3 is 5.69 Å². The summed E-state index contributed by atoms with van der Waals surface area (Å²) in [5.41, 5.74) is 5.77. The first kappa shape index (κ1) is 16.3. The first-order valence-electron chi connectivity index (χ1n) is 8.46. The maximum atomic E-state index is 13.2. The molecule has 2 aromatic heterocycles. The Morgan fingerprint density at radius 3 is 2.54 bits per heavy atom. The second kappa shape index (κ2) is 5.69. The van der Waals surface area contributed by atoms with E-state index in [-0.39, 0.29) is 23.8 Å². The summed E-state index contributed by atoms with van der Waals surface area (Å²) in [6.07, 6.45) is 0. The minimum absolute atomic E-state index is 0.116. The first-order valence-corrected chi connectivity index (χ1v) is 8.46. The van der Waals surface area contributed by atoms with Crippen molar-refractivity contribution in [2.75, 3.05) is 5.43 Å². The van der Waals surface area contributed by atoms with Crippen LogP contribution in [0.25, 0.3) is 11.2 Å². The third-order valence-electron chi connectivity index (χ3n) is 4.96. The van der Waals surface area contributed by atoms with Crippen molar-refractivity contribution < 1.29 is 0 Å². The molecule has 0 aliphatic carbocycles. The number of aromatic nitrogens is 4. The SMILES string of the molecule is CC1=NNc2nc3c(c(=O)n(Cc4ccc(C)cc4)c(=O)n3C)n2C1C. The fourth-order valence-electron chi connectivity index (χ4n) is 3.23. The summed E-state index contributed by atoms with van der Waals surface area (Å²) < 4.78 is 4.49. The van der Waals surface area contributed by atoms with Crippen LogP contribution in [0.5, 0.6) is 0 Å². The Bertz CT molecular complexity index is 1160. The monoisotopic (exact) mass is 352 g/mol. The molecule has 134 valence electrons. The number of nitrogens with one attached hydrogen (secondary N) is 1. The summed E-state index contributed by atoms with van der Waals surface area (Å²) in [4.78, 5) is 30.4. The number of hydrogen-bond donors (Lipinski definition) is 1. The van der Waals surface area contributed by atoms with Crippen LogP contribution in [0.4, 0.5) is 5.95 Å². The second-order valence-corrected chi connectivity index (χ2v) is 6.74. The van der Waals surface area contributed by atoms with E-state index < -0.39 is 0 Å². The molecule has 0 bridgehead atoms. The van der Waals surface area contributed by atoms with Crippen molar-refractivity contribution in [3.05, 3.63) is 56.2 Å². The molecule has 3 aromatic rings. The van der Waals surface area contributed by atoms with Crippen LogP contribution in [0, 0.1) is 6.92 Å². The highest BCUT2D eigenvalue weighted by molar-refractivity contribution is 5.90. The average molecular weight is 352 g/mol. The van der Waals surface area contributed by atoms with E-state index in [1.54, 1.807) is 7.05 Å². The predicted molar refractivity (Wildman–Crippen MR) is 101 cm³/mol. The largest absolute Gasteiger partial charge is 0.332 e. The van der Waals surface area contributed by atoms with Crippen molar-refractivity contribution in [1.29, 1.82) is 0 Å². The van der Waals surface area contributed by atoms with Gasteiger partial charge in [-0.2, -0.15) is 10.1 Å². The lowest BCUT2D eigenvalue weighted by atomic mass is 10.1. The van der Waals surface area contributed by atoms with Crippen LogP contribution in [0.2, 0.25) is 0 Å². The van der Waals surface area contributed by atoms with Gasteiger partial charge in [-0.3, -0.25) is 18.5 Å². The number of imidazole rings is 1. The van der Waals surface area contributed by atoms with Crippen molar-refractivity contribution in [1.82, 2.24) is 18.7 Å². The number of hydrogen-bond acceptors (Lipinski definition) is 5. The van der Waals surface area contributed by atoms with E-state index in [2.05, 4.69) is 15.5 Å². The number of rotatable bonds is 2. The van der Waals surface area contributed by atoms with Gasteiger partial charge in [-0.25, -0.2) is 10.2 Å². The lowest BCUT2D eigenvalue weighted by Gasteiger charge is -2.21. The molecule has 0 spiro atoms. The molecule has 0 radical (unpaired) electrons. The molecular formula is C18H20N6O2. The van der Waals surface area contributed by atoms with Crippen LogP contribution < -0.4 is 16.7 Å². The molecule has 3 heterocycles. The summed E-state index contributed by atoms with van der Waals surface area (Å²) >= 11 is 0. The highest BCUT2D eigenvalue weighted by atomic mass is 16.2. The number of aryl methyl sites for hydroxylation is 2. The molecule has 26 heavy (non-hydrogen) atoms. The van der Waals surface area contributed by atoms with Gasteiger partial charge in [0.2, 0.25) is 5.95 Å². The topological polar surface area (TPSA) is 86.2 Å². The highest BCUT2D eigenvalue weighted by Gasteiger charge is 2.26. The first-order chi connectivity index (χ1) is 12.4. The van der Waals surface area contributed by atoms with Gasteiger partial charge in [-0.1, -0.05) is 29.8 Å². The second-order valence-electron chi connectivity index (χ2n) is 6.74. The fourth-order valence-corrected chi connectivity index (χ4v) is 3.23. The Labute approximate surface area is 149 Å². The summed E-state index contributed by atoms with van der Waals surface area (Å²) in [5.74, 6) is 0.471. The summed E-state index contributed by atoms with van der Waals surface area (Å²) in [6, 6.07) is 7.68. The number of benzene rings is 1. The van der Waals surface area contributed by atoms with E-state index in [0.29, 0.717) is 17.1 Å². The zero-order valence-electron chi connectivity index (χ0n) is 15.1. The van der Waals surface area contributed by atoms with Crippen LogP contribution >= 0.6 is 0 Å². The van der Waals surface area contributed by atoms with Crippen LogP contribution in [-0.4, -0.2) is 24.4 Å². The van der Waals surface area contributed by atoms with E-state index in [1.807, 2.05) is 49.6 Å². The Morgan fingerprint density at radius 2 is 1.85 bits per heavy atom. The zero-order chi connectivity index (χ0) is 18.6. The molecule has 1 aliphatic heterocycles. The maximum Gasteiger partial charge on any atom is 0.332 e. The van der Waals surface area contributed by atoms with Crippen molar-refractivity contribution in [2.45, 2.75) is 33.4 Å². The van der Waals surface area contributed by atoms with Crippen LogP contribution in [-0.2, 0) is 13.6 Å². The van der Waals surface area contributed by atoms with Gasteiger partial charge < -0.3 is 0 Å². The molecule has 1 N–H and O–H groups in total. The summed E-state index contributed by atoms with van der Waals surface area (Å²) in [7, 11) is 1.63. The Morgan fingerprint density at radius 1 is 1.15 bits per heavy atom. The summed E-state index contributed by atoms with van der Waals surface area (Å²) in [6.45, 7) is 6.06. The Balaban J connectivity index is 1.97. The molecule has 0 saturated carbocycles. The minimum Gasteiger partial charge on any atom is -0.294 e. The minimum atomic E-state index is -0.385. The van der Waals surface area contributed by atoms with E-state index in [0.717, 1.165) is 16.8 Å². The smallest absolute Gasteiger partial charge is 0.294 e. The number of nitrogens with zero attached hydrogens (tertiary/aromatic N) is 5. The summed E-state index contributed by atoms with van der Waals surface area (Å²) in [5, 5.41) is 4.21. The van der Waals surface area contributed by atoms with Crippen LogP contribution in [0.15, 0.2) is 39.0 Å². The van der Waals surface area contributed by atoms with Gasteiger partial charge in [0, 0.05) is 7.05 Å².